The van der Waals surface area contributed by atoms with Gasteiger partial charge in [0.2, 0.25) is 5.91 Å². The maximum absolute atomic E-state index is 12.9. The van der Waals surface area contributed by atoms with Gasteiger partial charge in [-0.15, -0.1) is 0 Å². The molecule has 0 aliphatic heterocycles. The molecule has 126 valence electrons. The highest BCUT2D eigenvalue weighted by Crippen LogP contribution is 2.27. The summed E-state index contributed by atoms with van der Waals surface area (Å²) in [5.41, 5.74) is 6.80. The van der Waals surface area contributed by atoms with Crippen LogP contribution in [0.15, 0.2) is 46.9 Å². The molecule has 1 atom stereocenters. The minimum Gasteiger partial charge on any atom is -0.383 e. The van der Waals surface area contributed by atoms with Crippen LogP contribution >= 0.6 is 15.9 Å². The molecule has 8 heteroatoms. The normalized spacial score (nSPS) is 11.8. The molecule has 0 aliphatic rings. The van der Waals surface area contributed by atoms with E-state index in [-0.39, 0.29) is 18.0 Å². The zero-order chi connectivity index (χ0) is 17.7. The molecule has 0 spiro atoms. The number of hydrogen-bond acceptors (Lipinski definition) is 4. The molecule has 0 saturated carbocycles. The Balaban J connectivity index is 2.05. The SMILES string of the molecule is NC(=O)C(CNc1ccc([N+](=O)[O-])cc1Br)Cc1ccc(F)cc1. The van der Waals surface area contributed by atoms with E-state index in [9.17, 15) is 19.3 Å². The Morgan fingerprint density at radius 3 is 2.50 bits per heavy atom. The van der Waals surface area contributed by atoms with E-state index in [1.807, 2.05) is 0 Å². The first-order valence-electron chi connectivity index (χ1n) is 7.08. The maximum Gasteiger partial charge on any atom is 0.270 e. The van der Waals surface area contributed by atoms with Gasteiger partial charge < -0.3 is 11.1 Å². The Kier molecular flexibility index (Phi) is 5.86. The number of non-ortho nitro benzene ring substituents is 1. The molecular weight excluding hydrogens is 381 g/mol. The first kappa shape index (κ1) is 17.9. The first-order chi connectivity index (χ1) is 11.4. The smallest absolute Gasteiger partial charge is 0.270 e. The quantitative estimate of drug-likeness (QED) is 0.555. The number of carbonyl (C=O) groups excluding carboxylic acids is 1. The van der Waals surface area contributed by atoms with Crippen molar-refractivity contribution in [3.8, 4) is 0 Å². The van der Waals surface area contributed by atoms with E-state index in [0.717, 1.165) is 5.56 Å². The fourth-order valence-electron chi connectivity index (χ4n) is 2.17. The Morgan fingerprint density at radius 2 is 1.96 bits per heavy atom. The number of nitro groups is 1. The first-order valence-corrected chi connectivity index (χ1v) is 7.87. The van der Waals surface area contributed by atoms with Gasteiger partial charge in [-0.05, 0) is 46.1 Å². The van der Waals surface area contributed by atoms with Crippen LogP contribution < -0.4 is 11.1 Å². The lowest BCUT2D eigenvalue weighted by atomic mass is 9.98. The van der Waals surface area contributed by atoms with Crippen LogP contribution in [0.3, 0.4) is 0 Å². The number of nitrogens with zero attached hydrogens (tertiary/aromatic N) is 1. The Morgan fingerprint density at radius 1 is 1.29 bits per heavy atom. The van der Waals surface area contributed by atoms with Gasteiger partial charge in [-0.3, -0.25) is 14.9 Å². The molecule has 2 rings (SSSR count). The number of rotatable bonds is 7. The summed E-state index contributed by atoms with van der Waals surface area (Å²) in [5, 5.41) is 13.8. The fourth-order valence-corrected chi connectivity index (χ4v) is 2.68. The third-order valence-corrected chi connectivity index (χ3v) is 4.16. The molecular formula is C16H15BrFN3O3. The van der Waals surface area contributed by atoms with Crippen LogP contribution in [0.1, 0.15) is 5.56 Å². The second-order valence-electron chi connectivity index (χ2n) is 5.23. The van der Waals surface area contributed by atoms with E-state index >= 15 is 0 Å². The van der Waals surface area contributed by atoms with Gasteiger partial charge in [-0.2, -0.15) is 0 Å². The lowest BCUT2D eigenvalue weighted by Crippen LogP contribution is -2.31. The van der Waals surface area contributed by atoms with Crippen LogP contribution in [0.2, 0.25) is 0 Å². The summed E-state index contributed by atoms with van der Waals surface area (Å²) in [4.78, 5) is 21.9. The van der Waals surface area contributed by atoms with Crippen molar-refractivity contribution in [2.75, 3.05) is 11.9 Å². The summed E-state index contributed by atoms with van der Waals surface area (Å²) in [7, 11) is 0. The molecule has 1 unspecified atom stereocenters. The van der Waals surface area contributed by atoms with E-state index in [0.29, 0.717) is 16.6 Å². The predicted molar refractivity (Wildman–Crippen MR) is 92.1 cm³/mol. The van der Waals surface area contributed by atoms with E-state index in [2.05, 4.69) is 21.2 Å². The topological polar surface area (TPSA) is 98.3 Å². The van der Waals surface area contributed by atoms with E-state index < -0.39 is 16.7 Å². The van der Waals surface area contributed by atoms with Gasteiger partial charge in [0.1, 0.15) is 5.82 Å². The number of amides is 1. The van der Waals surface area contributed by atoms with Gasteiger partial charge in [0.25, 0.3) is 5.69 Å². The zero-order valence-electron chi connectivity index (χ0n) is 12.5. The van der Waals surface area contributed by atoms with Gasteiger partial charge in [0.15, 0.2) is 0 Å². The Bertz CT molecular complexity index is 753. The van der Waals surface area contributed by atoms with Gasteiger partial charge in [0.05, 0.1) is 10.8 Å². The molecule has 0 heterocycles. The molecule has 3 N–H and O–H groups in total. The van der Waals surface area contributed by atoms with Gasteiger partial charge >= 0.3 is 0 Å². The highest BCUT2D eigenvalue weighted by atomic mass is 79.9. The number of anilines is 1. The van der Waals surface area contributed by atoms with Crippen molar-refractivity contribution in [3.05, 3.63) is 68.4 Å². The number of hydrogen-bond donors (Lipinski definition) is 2. The van der Waals surface area contributed by atoms with Crippen LogP contribution in [0.25, 0.3) is 0 Å². The highest BCUT2D eigenvalue weighted by molar-refractivity contribution is 9.10. The second-order valence-corrected chi connectivity index (χ2v) is 6.09. The van der Waals surface area contributed by atoms with E-state index in [1.165, 1.54) is 24.3 Å². The predicted octanol–water partition coefficient (Wildman–Crippen LogP) is 3.25. The highest BCUT2D eigenvalue weighted by Gasteiger charge is 2.17. The van der Waals surface area contributed by atoms with Crippen LogP contribution in [-0.4, -0.2) is 17.4 Å². The Hall–Kier alpha value is -2.48. The summed E-state index contributed by atoms with van der Waals surface area (Å²) >= 11 is 3.25. The van der Waals surface area contributed by atoms with Crippen LogP contribution in [0.5, 0.6) is 0 Å². The fraction of sp³-hybridized carbons (Fsp3) is 0.188. The molecule has 2 aromatic carbocycles. The minimum atomic E-state index is -0.502. The zero-order valence-corrected chi connectivity index (χ0v) is 14.1. The number of nitrogens with two attached hydrogens (primary N) is 1. The maximum atomic E-state index is 12.9. The number of nitrogens with one attached hydrogen (secondary N) is 1. The number of primary amides is 1. The minimum absolute atomic E-state index is 0.0369. The lowest BCUT2D eigenvalue weighted by Gasteiger charge is -2.16. The molecule has 0 aromatic heterocycles. The summed E-state index contributed by atoms with van der Waals surface area (Å²) < 4.78 is 13.4. The molecule has 0 radical (unpaired) electrons. The summed E-state index contributed by atoms with van der Waals surface area (Å²) in [6.07, 6.45) is 0.368. The molecule has 0 bridgehead atoms. The Labute approximate surface area is 146 Å². The molecule has 2 aromatic rings. The van der Waals surface area contributed by atoms with Gasteiger partial charge in [-0.1, -0.05) is 12.1 Å². The van der Waals surface area contributed by atoms with E-state index in [1.54, 1.807) is 18.2 Å². The van der Waals surface area contributed by atoms with E-state index in [4.69, 9.17) is 5.73 Å². The van der Waals surface area contributed by atoms with Crippen molar-refractivity contribution in [1.82, 2.24) is 0 Å². The number of halogens is 2. The van der Waals surface area contributed by atoms with Crippen molar-refractivity contribution < 1.29 is 14.1 Å². The molecule has 6 nitrogen and oxygen atoms in total. The number of nitro benzene ring substituents is 1. The number of benzene rings is 2. The van der Waals surface area contributed by atoms with Crippen molar-refractivity contribution in [2.45, 2.75) is 6.42 Å². The van der Waals surface area contributed by atoms with Crippen molar-refractivity contribution in [2.24, 2.45) is 11.7 Å². The molecule has 0 saturated heterocycles. The third-order valence-electron chi connectivity index (χ3n) is 3.50. The largest absolute Gasteiger partial charge is 0.383 e. The summed E-state index contributed by atoms with van der Waals surface area (Å²) in [6.45, 7) is 0.253. The van der Waals surface area contributed by atoms with Crippen LogP contribution in [0.4, 0.5) is 15.8 Å². The number of carbonyl (C=O) groups is 1. The third kappa shape index (κ3) is 4.76. The average molecular weight is 396 g/mol. The molecule has 24 heavy (non-hydrogen) atoms. The second kappa shape index (κ2) is 7.87. The van der Waals surface area contributed by atoms with Crippen molar-refractivity contribution >= 4 is 33.2 Å². The van der Waals surface area contributed by atoms with Gasteiger partial charge in [0, 0.05) is 28.8 Å². The summed E-state index contributed by atoms with van der Waals surface area (Å²) in [5.74, 6) is -1.33. The lowest BCUT2D eigenvalue weighted by molar-refractivity contribution is -0.384. The molecule has 1 amide bonds. The average Bonchev–Trinajstić information content (AvgIpc) is 2.53. The molecule has 0 aliphatic carbocycles. The monoisotopic (exact) mass is 395 g/mol. The van der Waals surface area contributed by atoms with Crippen LogP contribution in [0, 0.1) is 21.8 Å². The summed E-state index contributed by atoms with van der Waals surface area (Å²) in [6, 6.07) is 10.2. The van der Waals surface area contributed by atoms with Crippen molar-refractivity contribution in [3.63, 3.8) is 0 Å². The van der Waals surface area contributed by atoms with Crippen molar-refractivity contribution in [1.29, 1.82) is 0 Å². The standard InChI is InChI=1S/C16H15BrFN3O3/c17-14-8-13(21(23)24)5-6-15(14)20-9-11(16(19)22)7-10-1-3-12(18)4-2-10/h1-6,8,11,20H,7,9H2,(H2,19,22). The van der Waals surface area contributed by atoms with Crippen LogP contribution in [-0.2, 0) is 11.2 Å². The van der Waals surface area contributed by atoms with Gasteiger partial charge in [-0.25, -0.2) is 4.39 Å². The molecule has 0 fully saturated rings.